The van der Waals surface area contributed by atoms with Gasteiger partial charge in [-0.2, -0.15) is 0 Å². The summed E-state index contributed by atoms with van der Waals surface area (Å²) in [6, 6.07) is 8.82. The van der Waals surface area contributed by atoms with Crippen LogP contribution >= 0.6 is 11.3 Å². The van der Waals surface area contributed by atoms with Crippen molar-refractivity contribution in [1.29, 1.82) is 0 Å². The highest BCUT2D eigenvalue weighted by Gasteiger charge is 2.03. The first-order valence-electron chi connectivity index (χ1n) is 4.80. The van der Waals surface area contributed by atoms with Crippen LogP contribution in [0, 0.1) is 20.8 Å². The van der Waals surface area contributed by atoms with Crippen LogP contribution in [-0.2, 0) is 0 Å². The van der Waals surface area contributed by atoms with E-state index in [-0.39, 0.29) is 0 Å². The Kier molecular flexibility index (Phi) is 2.42. The van der Waals surface area contributed by atoms with Crippen LogP contribution in [0.1, 0.15) is 16.7 Å². The van der Waals surface area contributed by atoms with Gasteiger partial charge in [-0.15, -0.1) is 11.3 Å². The molecule has 1 heterocycles. The second-order valence-electron chi connectivity index (χ2n) is 3.71. The first-order valence-corrected chi connectivity index (χ1v) is 5.68. The Labute approximate surface area is 89.2 Å². The lowest BCUT2D eigenvalue weighted by atomic mass is 10.00. The Morgan fingerprint density at radius 1 is 1.00 bits per heavy atom. The molecule has 2 aromatic rings. The molecule has 0 bridgehead atoms. The standard InChI is InChI=1S/C13H14S/c1-9-7-12(8-10(2)11(9)3)13-5-4-6-14-13/h4-8H,1-3H3. The molecule has 0 N–H and O–H groups in total. The van der Waals surface area contributed by atoms with Gasteiger partial charge in [0.2, 0.25) is 0 Å². The molecule has 2 rings (SSSR count). The Bertz CT molecular complexity index is 415. The van der Waals surface area contributed by atoms with E-state index < -0.39 is 0 Å². The average Bonchev–Trinajstić information content (AvgIpc) is 2.66. The van der Waals surface area contributed by atoms with Crippen LogP contribution in [0.25, 0.3) is 10.4 Å². The van der Waals surface area contributed by atoms with Crippen LogP contribution in [0.5, 0.6) is 0 Å². The molecule has 0 saturated heterocycles. The zero-order chi connectivity index (χ0) is 10.1. The van der Waals surface area contributed by atoms with E-state index in [1.165, 1.54) is 27.1 Å². The van der Waals surface area contributed by atoms with E-state index in [0.29, 0.717) is 0 Å². The van der Waals surface area contributed by atoms with Crippen LogP contribution in [-0.4, -0.2) is 0 Å². The minimum Gasteiger partial charge on any atom is -0.144 e. The Balaban J connectivity index is 2.57. The van der Waals surface area contributed by atoms with Crippen molar-refractivity contribution in [3.63, 3.8) is 0 Å². The molecular weight excluding hydrogens is 188 g/mol. The van der Waals surface area contributed by atoms with Crippen molar-refractivity contribution in [2.24, 2.45) is 0 Å². The number of hydrogen-bond acceptors (Lipinski definition) is 1. The molecule has 72 valence electrons. The minimum absolute atomic E-state index is 1.35. The molecule has 0 nitrogen and oxygen atoms in total. The van der Waals surface area contributed by atoms with Gasteiger partial charge in [-0.1, -0.05) is 18.2 Å². The van der Waals surface area contributed by atoms with Crippen molar-refractivity contribution < 1.29 is 0 Å². The molecule has 0 amide bonds. The average molecular weight is 202 g/mol. The summed E-state index contributed by atoms with van der Waals surface area (Å²) in [4.78, 5) is 1.36. The van der Waals surface area contributed by atoms with Crippen molar-refractivity contribution in [3.05, 3.63) is 46.3 Å². The lowest BCUT2D eigenvalue weighted by Gasteiger charge is -2.07. The molecule has 0 spiro atoms. The molecule has 1 aromatic heterocycles. The van der Waals surface area contributed by atoms with Crippen LogP contribution < -0.4 is 0 Å². The lowest BCUT2D eigenvalue weighted by molar-refractivity contribution is 1.27. The second-order valence-corrected chi connectivity index (χ2v) is 4.66. The molecule has 1 aromatic carbocycles. The van der Waals surface area contributed by atoms with Crippen molar-refractivity contribution in [2.45, 2.75) is 20.8 Å². The summed E-state index contributed by atoms with van der Waals surface area (Å²) in [7, 11) is 0. The van der Waals surface area contributed by atoms with E-state index >= 15 is 0 Å². The first kappa shape index (κ1) is 9.47. The Hall–Kier alpha value is -1.08. The highest BCUT2D eigenvalue weighted by Crippen LogP contribution is 2.28. The van der Waals surface area contributed by atoms with Gasteiger partial charge >= 0.3 is 0 Å². The quantitative estimate of drug-likeness (QED) is 0.645. The number of aryl methyl sites for hydroxylation is 2. The van der Waals surface area contributed by atoms with E-state index in [1.54, 1.807) is 11.3 Å². The monoisotopic (exact) mass is 202 g/mol. The van der Waals surface area contributed by atoms with Crippen LogP contribution in [0.15, 0.2) is 29.6 Å². The summed E-state index contributed by atoms with van der Waals surface area (Å²) in [6.45, 7) is 6.54. The molecule has 1 heteroatoms. The Morgan fingerprint density at radius 3 is 2.14 bits per heavy atom. The maximum atomic E-state index is 2.27. The second kappa shape index (κ2) is 3.58. The van der Waals surface area contributed by atoms with Gasteiger partial charge in [0.05, 0.1) is 0 Å². The van der Waals surface area contributed by atoms with Crippen molar-refractivity contribution in [3.8, 4) is 10.4 Å². The van der Waals surface area contributed by atoms with Gasteiger partial charge < -0.3 is 0 Å². The van der Waals surface area contributed by atoms with Gasteiger partial charge in [0.15, 0.2) is 0 Å². The molecule has 0 atom stereocenters. The van der Waals surface area contributed by atoms with Gasteiger partial charge in [-0.25, -0.2) is 0 Å². The van der Waals surface area contributed by atoms with Gasteiger partial charge in [-0.05, 0) is 54.5 Å². The van der Waals surface area contributed by atoms with Gasteiger partial charge in [0.1, 0.15) is 0 Å². The number of thiophene rings is 1. The van der Waals surface area contributed by atoms with Crippen LogP contribution in [0.3, 0.4) is 0 Å². The summed E-state index contributed by atoms with van der Waals surface area (Å²) in [5, 5.41) is 2.12. The maximum absolute atomic E-state index is 2.27. The molecule has 0 aliphatic rings. The molecule has 0 saturated carbocycles. The number of hydrogen-bond donors (Lipinski definition) is 0. The van der Waals surface area contributed by atoms with E-state index in [9.17, 15) is 0 Å². The van der Waals surface area contributed by atoms with Gasteiger partial charge in [0, 0.05) is 4.88 Å². The van der Waals surface area contributed by atoms with E-state index in [1.807, 2.05) is 0 Å². The predicted octanol–water partition coefficient (Wildman–Crippen LogP) is 4.34. The summed E-state index contributed by atoms with van der Waals surface area (Å²) in [6.07, 6.45) is 0. The fraction of sp³-hybridized carbons (Fsp3) is 0.231. The lowest BCUT2D eigenvalue weighted by Crippen LogP contribution is -1.87. The van der Waals surface area contributed by atoms with Crippen molar-refractivity contribution >= 4 is 11.3 Å². The maximum Gasteiger partial charge on any atom is 0.0342 e. The highest BCUT2D eigenvalue weighted by atomic mass is 32.1. The number of rotatable bonds is 1. The fourth-order valence-corrected chi connectivity index (χ4v) is 2.34. The molecule has 14 heavy (non-hydrogen) atoms. The molecule has 0 fully saturated rings. The SMILES string of the molecule is Cc1cc(-c2cccs2)cc(C)c1C. The number of benzene rings is 1. The first-order chi connectivity index (χ1) is 6.68. The van der Waals surface area contributed by atoms with E-state index in [2.05, 4.69) is 50.4 Å². The molecular formula is C13H14S. The van der Waals surface area contributed by atoms with E-state index in [4.69, 9.17) is 0 Å². The van der Waals surface area contributed by atoms with Gasteiger partial charge in [0.25, 0.3) is 0 Å². The third-order valence-corrected chi connectivity index (χ3v) is 3.65. The van der Waals surface area contributed by atoms with Gasteiger partial charge in [-0.3, -0.25) is 0 Å². The zero-order valence-electron chi connectivity index (χ0n) is 8.79. The van der Waals surface area contributed by atoms with Crippen LogP contribution in [0.4, 0.5) is 0 Å². The summed E-state index contributed by atoms with van der Waals surface area (Å²) >= 11 is 1.80. The summed E-state index contributed by atoms with van der Waals surface area (Å²) in [5.41, 5.74) is 5.52. The predicted molar refractivity (Wildman–Crippen MR) is 64.0 cm³/mol. The summed E-state index contributed by atoms with van der Waals surface area (Å²) < 4.78 is 0. The molecule has 0 aliphatic heterocycles. The van der Waals surface area contributed by atoms with Crippen LogP contribution in [0.2, 0.25) is 0 Å². The molecule has 0 unspecified atom stereocenters. The topological polar surface area (TPSA) is 0 Å². The van der Waals surface area contributed by atoms with Crippen molar-refractivity contribution in [2.75, 3.05) is 0 Å². The third-order valence-electron chi connectivity index (χ3n) is 2.73. The third kappa shape index (κ3) is 1.60. The fourth-order valence-electron chi connectivity index (χ4n) is 1.62. The molecule has 0 radical (unpaired) electrons. The normalized spacial score (nSPS) is 10.5. The van der Waals surface area contributed by atoms with E-state index in [0.717, 1.165) is 0 Å². The summed E-state index contributed by atoms with van der Waals surface area (Å²) in [5.74, 6) is 0. The minimum atomic E-state index is 1.35. The smallest absolute Gasteiger partial charge is 0.0342 e. The zero-order valence-corrected chi connectivity index (χ0v) is 9.61. The van der Waals surface area contributed by atoms with Crippen molar-refractivity contribution in [1.82, 2.24) is 0 Å². The molecule has 0 aliphatic carbocycles. The Morgan fingerprint density at radius 2 is 1.64 bits per heavy atom. The largest absolute Gasteiger partial charge is 0.144 e. The highest BCUT2D eigenvalue weighted by molar-refractivity contribution is 7.13.